The van der Waals surface area contributed by atoms with Crippen molar-refractivity contribution in [1.29, 1.82) is 0 Å². The average Bonchev–Trinajstić information content (AvgIpc) is 2.94. The van der Waals surface area contributed by atoms with E-state index >= 15 is 0 Å². The monoisotopic (exact) mass is 497 g/mol. The molecule has 1 heterocycles. The van der Waals surface area contributed by atoms with E-state index in [2.05, 4.69) is 24.3 Å². The van der Waals surface area contributed by atoms with Gasteiger partial charge in [0.05, 0.1) is 6.61 Å². The van der Waals surface area contributed by atoms with Gasteiger partial charge in [0.25, 0.3) is 5.91 Å². The number of carbonyl (C=O) groups is 3. The SMILES string of the molecule is CCC(C)(C)C(=O)C(=O)N1Cc2ccccc2CC1C(=O)OCCC(c1ccccc1)c1ccccc1. The number of hydrogen-bond acceptors (Lipinski definition) is 4. The lowest BCUT2D eigenvalue weighted by atomic mass is 9.83. The maximum Gasteiger partial charge on any atom is 0.329 e. The third-order valence-corrected chi connectivity index (χ3v) is 7.53. The van der Waals surface area contributed by atoms with Gasteiger partial charge in [-0.05, 0) is 35.1 Å². The molecule has 37 heavy (non-hydrogen) atoms. The van der Waals surface area contributed by atoms with Crippen LogP contribution in [0.4, 0.5) is 0 Å². The van der Waals surface area contributed by atoms with Crippen molar-refractivity contribution in [3.63, 3.8) is 0 Å². The number of fused-ring (bicyclic) bond motifs is 1. The van der Waals surface area contributed by atoms with Gasteiger partial charge in [0.2, 0.25) is 5.78 Å². The minimum Gasteiger partial charge on any atom is -0.464 e. The van der Waals surface area contributed by atoms with E-state index in [1.165, 1.54) is 4.90 Å². The van der Waals surface area contributed by atoms with Crippen molar-refractivity contribution in [1.82, 2.24) is 4.90 Å². The van der Waals surface area contributed by atoms with Crippen molar-refractivity contribution >= 4 is 17.7 Å². The van der Waals surface area contributed by atoms with E-state index in [4.69, 9.17) is 4.74 Å². The Labute approximate surface area is 219 Å². The Balaban J connectivity index is 1.51. The molecule has 1 amide bonds. The summed E-state index contributed by atoms with van der Waals surface area (Å²) in [6.45, 7) is 5.86. The topological polar surface area (TPSA) is 63.7 Å². The van der Waals surface area contributed by atoms with Gasteiger partial charge in [-0.2, -0.15) is 0 Å². The number of esters is 1. The van der Waals surface area contributed by atoms with Gasteiger partial charge in [-0.3, -0.25) is 9.59 Å². The standard InChI is InChI=1S/C32H35NO4/c1-4-32(2,3)29(34)30(35)33-22-26-18-12-11-17-25(26)21-28(33)31(36)37-20-19-27(23-13-7-5-8-14-23)24-15-9-6-10-16-24/h5-18,27-28H,4,19-22H2,1-3H3. The van der Waals surface area contributed by atoms with Crippen LogP contribution in [0.2, 0.25) is 0 Å². The molecule has 0 fully saturated rings. The number of nitrogens with zero attached hydrogens (tertiary/aromatic N) is 1. The Morgan fingerprint density at radius 3 is 1.97 bits per heavy atom. The minimum absolute atomic E-state index is 0.0759. The van der Waals surface area contributed by atoms with Crippen molar-refractivity contribution in [2.24, 2.45) is 5.41 Å². The fourth-order valence-electron chi connectivity index (χ4n) is 4.80. The molecular weight excluding hydrogens is 462 g/mol. The summed E-state index contributed by atoms with van der Waals surface area (Å²) in [5.41, 5.74) is 3.47. The van der Waals surface area contributed by atoms with Gasteiger partial charge in [-0.1, -0.05) is 106 Å². The van der Waals surface area contributed by atoms with E-state index < -0.39 is 29.1 Å². The van der Waals surface area contributed by atoms with Crippen molar-refractivity contribution in [3.05, 3.63) is 107 Å². The Bertz CT molecular complexity index is 1200. The number of benzene rings is 3. The van der Waals surface area contributed by atoms with Gasteiger partial charge >= 0.3 is 5.97 Å². The highest BCUT2D eigenvalue weighted by Crippen LogP contribution is 2.30. The van der Waals surface area contributed by atoms with Crippen LogP contribution >= 0.6 is 0 Å². The van der Waals surface area contributed by atoms with Crippen LogP contribution in [-0.2, 0) is 32.1 Å². The zero-order valence-electron chi connectivity index (χ0n) is 21.9. The molecule has 5 nitrogen and oxygen atoms in total. The molecular formula is C32H35NO4. The second-order valence-corrected chi connectivity index (χ2v) is 10.3. The summed E-state index contributed by atoms with van der Waals surface area (Å²) in [7, 11) is 0. The van der Waals surface area contributed by atoms with Crippen LogP contribution in [0.5, 0.6) is 0 Å². The summed E-state index contributed by atoms with van der Waals surface area (Å²) in [5, 5.41) is 0. The van der Waals surface area contributed by atoms with Crippen LogP contribution in [-0.4, -0.2) is 35.2 Å². The summed E-state index contributed by atoms with van der Waals surface area (Å²) < 4.78 is 5.80. The molecule has 0 saturated carbocycles. The molecule has 4 rings (SSSR count). The molecule has 5 heteroatoms. The maximum atomic E-state index is 13.4. The van der Waals surface area contributed by atoms with E-state index in [1.54, 1.807) is 13.8 Å². The lowest BCUT2D eigenvalue weighted by Gasteiger charge is -2.36. The van der Waals surface area contributed by atoms with E-state index in [0.29, 0.717) is 19.3 Å². The lowest BCUT2D eigenvalue weighted by Crippen LogP contribution is -2.53. The van der Waals surface area contributed by atoms with Crippen LogP contribution < -0.4 is 0 Å². The van der Waals surface area contributed by atoms with Gasteiger partial charge in [0.1, 0.15) is 6.04 Å². The summed E-state index contributed by atoms with van der Waals surface area (Å²) in [6.07, 6.45) is 1.48. The van der Waals surface area contributed by atoms with E-state index in [1.807, 2.05) is 67.6 Å². The second-order valence-electron chi connectivity index (χ2n) is 10.3. The van der Waals surface area contributed by atoms with Gasteiger partial charge in [-0.25, -0.2) is 4.79 Å². The Kier molecular flexibility index (Phi) is 8.22. The highest BCUT2D eigenvalue weighted by Gasteiger charge is 2.41. The smallest absolute Gasteiger partial charge is 0.329 e. The van der Waals surface area contributed by atoms with Gasteiger partial charge in [0.15, 0.2) is 0 Å². The molecule has 0 radical (unpaired) electrons. The van der Waals surface area contributed by atoms with Crippen LogP contribution in [0, 0.1) is 5.41 Å². The molecule has 1 unspecified atom stereocenters. The van der Waals surface area contributed by atoms with Crippen molar-refractivity contribution in [2.75, 3.05) is 6.61 Å². The molecule has 0 aromatic heterocycles. The molecule has 1 aliphatic rings. The quantitative estimate of drug-likeness (QED) is 0.281. The van der Waals surface area contributed by atoms with E-state index in [-0.39, 0.29) is 19.1 Å². The Morgan fingerprint density at radius 1 is 0.865 bits per heavy atom. The maximum absolute atomic E-state index is 13.4. The highest BCUT2D eigenvalue weighted by molar-refractivity contribution is 6.38. The van der Waals surface area contributed by atoms with Gasteiger partial charge in [0, 0.05) is 24.3 Å². The average molecular weight is 498 g/mol. The van der Waals surface area contributed by atoms with Gasteiger partial charge in [-0.15, -0.1) is 0 Å². The number of ketones is 1. The third-order valence-electron chi connectivity index (χ3n) is 7.53. The number of hydrogen-bond donors (Lipinski definition) is 0. The van der Waals surface area contributed by atoms with Crippen molar-refractivity contribution < 1.29 is 19.1 Å². The normalized spacial score (nSPS) is 15.2. The first kappa shape index (κ1) is 26.3. The number of Topliss-reactive ketones (excluding diaryl/α,β-unsaturated/α-hetero) is 1. The predicted molar refractivity (Wildman–Crippen MR) is 144 cm³/mol. The molecule has 0 aliphatic carbocycles. The molecule has 0 spiro atoms. The summed E-state index contributed by atoms with van der Waals surface area (Å²) in [4.78, 5) is 41.2. The summed E-state index contributed by atoms with van der Waals surface area (Å²) in [6, 6.07) is 27.3. The Morgan fingerprint density at radius 2 is 1.41 bits per heavy atom. The van der Waals surface area contributed by atoms with Crippen LogP contribution in [0.25, 0.3) is 0 Å². The number of amides is 1. The van der Waals surface area contributed by atoms with Crippen LogP contribution in [0.1, 0.15) is 61.8 Å². The molecule has 3 aromatic rings. The summed E-state index contributed by atoms with van der Waals surface area (Å²) >= 11 is 0. The second kappa shape index (κ2) is 11.5. The van der Waals surface area contributed by atoms with Crippen molar-refractivity contribution in [3.8, 4) is 0 Å². The molecule has 0 saturated heterocycles. The van der Waals surface area contributed by atoms with E-state index in [9.17, 15) is 14.4 Å². The zero-order valence-corrected chi connectivity index (χ0v) is 21.9. The minimum atomic E-state index is -0.828. The zero-order chi connectivity index (χ0) is 26.4. The molecule has 1 aliphatic heterocycles. The third kappa shape index (κ3) is 5.99. The molecule has 0 bridgehead atoms. The molecule has 0 N–H and O–H groups in total. The van der Waals surface area contributed by atoms with Gasteiger partial charge < -0.3 is 9.64 Å². The van der Waals surface area contributed by atoms with E-state index in [0.717, 1.165) is 22.3 Å². The number of ether oxygens (including phenoxy) is 1. The summed E-state index contributed by atoms with van der Waals surface area (Å²) in [5.74, 6) is -1.48. The predicted octanol–water partition coefficient (Wildman–Crippen LogP) is 5.71. The molecule has 192 valence electrons. The molecule has 3 aromatic carbocycles. The lowest BCUT2D eigenvalue weighted by molar-refractivity contribution is -0.160. The first-order valence-electron chi connectivity index (χ1n) is 13.0. The fraction of sp³-hybridized carbons (Fsp3) is 0.344. The van der Waals surface area contributed by atoms with Crippen molar-refractivity contribution in [2.45, 2.75) is 58.5 Å². The number of carbonyl (C=O) groups excluding carboxylic acids is 3. The van der Waals surface area contributed by atoms with Crippen LogP contribution in [0.3, 0.4) is 0 Å². The fourth-order valence-corrected chi connectivity index (χ4v) is 4.80. The first-order valence-corrected chi connectivity index (χ1v) is 13.0. The Hall–Kier alpha value is -3.73. The number of rotatable bonds is 9. The first-order chi connectivity index (χ1) is 17.8. The molecule has 1 atom stereocenters. The largest absolute Gasteiger partial charge is 0.464 e. The van der Waals surface area contributed by atoms with Crippen LogP contribution in [0.15, 0.2) is 84.9 Å². The highest BCUT2D eigenvalue weighted by atomic mass is 16.5.